The summed E-state index contributed by atoms with van der Waals surface area (Å²) < 4.78 is 11.4. The fourth-order valence-electron chi connectivity index (χ4n) is 3.26. The van der Waals surface area contributed by atoms with Gasteiger partial charge in [0, 0.05) is 22.4 Å². The van der Waals surface area contributed by atoms with Crippen molar-refractivity contribution in [2.45, 2.75) is 39.7 Å². The summed E-state index contributed by atoms with van der Waals surface area (Å²) >= 11 is 0. The van der Waals surface area contributed by atoms with Crippen LogP contribution in [-0.4, -0.2) is 18.8 Å². The molecule has 5 nitrogen and oxygen atoms in total. The molecular formula is C27H29NO4. The van der Waals surface area contributed by atoms with Gasteiger partial charge in [-0.05, 0) is 60.4 Å². The fraction of sp³-hybridized carbons (Fsp3) is 0.259. The highest BCUT2D eigenvalue weighted by Gasteiger charge is 2.14. The Morgan fingerprint density at radius 3 is 2.25 bits per heavy atom. The molecule has 0 aliphatic carbocycles. The van der Waals surface area contributed by atoms with E-state index in [1.165, 1.54) is 12.5 Å². The number of nitrogens with one attached hydrogen (secondary N) is 1. The number of benzene rings is 3. The molecule has 1 amide bonds. The molecule has 0 unspecified atom stereocenters. The Kier molecular flexibility index (Phi) is 6.98. The zero-order valence-electron chi connectivity index (χ0n) is 19.2. The first-order valence-electron chi connectivity index (χ1n) is 10.5. The summed E-state index contributed by atoms with van der Waals surface area (Å²) in [4.78, 5) is 24.4. The predicted octanol–water partition coefficient (Wildman–Crippen LogP) is 6.03. The van der Waals surface area contributed by atoms with Crippen LogP contribution in [0.2, 0.25) is 0 Å². The van der Waals surface area contributed by atoms with Gasteiger partial charge in [-0.2, -0.15) is 0 Å². The second-order valence-corrected chi connectivity index (χ2v) is 8.68. The van der Waals surface area contributed by atoms with Crippen molar-refractivity contribution in [2.75, 3.05) is 12.4 Å². The van der Waals surface area contributed by atoms with Crippen LogP contribution in [0.25, 0.3) is 0 Å². The van der Waals surface area contributed by atoms with Gasteiger partial charge >= 0.3 is 0 Å². The Morgan fingerprint density at radius 2 is 1.62 bits per heavy atom. The van der Waals surface area contributed by atoms with Gasteiger partial charge in [0.15, 0.2) is 5.78 Å². The summed E-state index contributed by atoms with van der Waals surface area (Å²) in [6.07, 6.45) is 0. The van der Waals surface area contributed by atoms with E-state index < -0.39 is 0 Å². The largest absolute Gasteiger partial charge is 0.496 e. The molecule has 0 heterocycles. The molecule has 0 saturated heterocycles. The smallest absolute Gasteiger partial charge is 0.255 e. The van der Waals surface area contributed by atoms with E-state index in [1.54, 1.807) is 49.6 Å². The van der Waals surface area contributed by atoms with E-state index in [9.17, 15) is 9.59 Å². The zero-order chi connectivity index (χ0) is 23.3. The van der Waals surface area contributed by atoms with Crippen molar-refractivity contribution in [1.29, 1.82) is 0 Å². The molecule has 32 heavy (non-hydrogen) atoms. The van der Waals surface area contributed by atoms with Gasteiger partial charge in [0.2, 0.25) is 0 Å². The summed E-state index contributed by atoms with van der Waals surface area (Å²) in [7, 11) is 1.59. The zero-order valence-corrected chi connectivity index (χ0v) is 19.2. The summed E-state index contributed by atoms with van der Waals surface area (Å²) in [6, 6.07) is 20.1. The fourth-order valence-corrected chi connectivity index (χ4v) is 3.26. The number of methoxy groups -OCH3 is 1. The molecule has 0 saturated carbocycles. The minimum Gasteiger partial charge on any atom is -0.496 e. The molecule has 0 fully saturated rings. The van der Waals surface area contributed by atoms with Gasteiger partial charge in [-0.1, -0.05) is 45.0 Å². The number of carbonyl (C=O) groups is 2. The molecule has 0 spiro atoms. The monoisotopic (exact) mass is 431 g/mol. The number of amides is 1. The highest BCUT2D eigenvalue weighted by Crippen LogP contribution is 2.26. The second kappa shape index (κ2) is 9.69. The van der Waals surface area contributed by atoms with Crippen molar-refractivity contribution in [3.63, 3.8) is 0 Å². The van der Waals surface area contributed by atoms with E-state index in [4.69, 9.17) is 9.47 Å². The van der Waals surface area contributed by atoms with Gasteiger partial charge < -0.3 is 14.8 Å². The third-order valence-electron chi connectivity index (χ3n) is 5.18. The molecule has 166 valence electrons. The Hall–Kier alpha value is -3.60. The second-order valence-electron chi connectivity index (χ2n) is 8.68. The number of hydrogen-bond acceptors (Lipinski definition) is 4. The Bertz CT molecular complexity index is 1110. The minimum atomic E-state index is -0.274. The summed E-state index contributed by atoms with van der Waals surface area (Å²) in [6.45, 7) is 8.26. The maximum absolute atomic E-state index is 12.8. The summed E-state index contributed by atoms with van der Waals surface area (Å²) in [5.74, 6) is 1.06. The van der Waals surface area contributed by atoms with E-state index in [-0.39, 0.29) is 23.7 Å². The highest BCUT2D eigenvalue weighted by molar-refractivity contribution is 6.05. The van der Waals surface area contributed by atoms with Gasteiger partial charge in [0.1, 0.15) is 18.1 Å². The third-order valence-corrected chi connectivity index (χ3v) is 5.18. The Labute approximate surface area is 189 Å². The number of ketones is 1. The molecule has 0 aromatic heterocycles. The van der Waals surface area contributed by atoms with Gasteiger partial charge in [-0.25, -0.2) is 0 Å². The molecule has 3 aromatic carbocycles. The van der Waals surface area contributed by atoms with Crippen LogP contribution in [0.5, 0.6) is 11.5 Å². The number of ether oxygens (including phenoxy) is 2. The molecule has 3 aromatic rings. The predicted molar refractivity (Wildman–Crippen MR) is 127 cm³/mol. The molecular weight excluding hydrogens is 402 g/mol. The van der Waals surface area contributed by atoms with Gasteiger partial charge in [-0.15, -0.1) is 0 Å². The summed E-state index contributed by atoms with van der Waals surface area (Å²) in [5, 5.41) is 2.84. The van der Waals surface area contributed by atoms with E-state index in [2.05, 4.69) is 38.2 Å². The first-order chi connectivity index (χ1) is 15.2. The van der Waals surface area contributed by atoms with Crippen LogP contribution in [0.1, 0.15) is 59.5 Å². The van der Waals surface area contributed by atoms with Crippen molar-refractivity contribution in [1.82, 2.24) is 0 Å². The third kappa shape index (κ3) is 5.76. The SMILES string of the molecule is COc1ccc(C(=O)Nc2cccc(C(C)=O)c2)cc1COc1ccc(C(C)(C)C)cc1. The van der Waals surface area contributed by atoms with E-state index in [0.29, 0.717) is 22.6 Å². The molecule has 5 heteroatoms. The van der Waals surface area contributed by atoms with Crippen molar-refractivity contribution >= 4 is 17.4 Å². The van der Waals surface area contributed by atoms with E-state index >= 15 is 0 Å². The van der Waals surface area contributed by atoms with Gasteiger partial charge in [0.25, 0.3) is 5.91 Å². The molecule has 0 aliphatic rings. The van der Waals surface area contributed by atoms with Crippen molar-refractivity contribution < 1.29 is 19.1 Å². The van der Waals surface area contributed by atoms with Crippen LogP contribution in [0.4, 0.5) is 5.69 Å². The topological polar surface area (TPSA) is 64.6 Å². The lowest BCUT2D eigenvalue weighted by molar-refractivity contribution is 0.101. The molecule has 1 N–H and O–H groups in total. The van der Waals surface area contributed by atoms with Crippen LogP contribution < -0.4 is 14.8 Å². The number of anilines is 1. The number of rotatable bonds is 7. The quantitative estimate of drug-likeness (QED) is 0.464. The Morgan fingerprint density at radius 1 is 0.906 bits per heavy atom. The number of Topliss-reactive ketones (excluding diaryl/α,β-unsaturated/α-hetero) is 1. The highest BCUT2D eigenvalue weighted by atomic mass is 16.5. The number of hydrogen-bond donors (Lipinski definition) is 1. The average Bonchev–Trinajstić information content (AvgIpc) is 2.77. The number of carbonyl (C=O) groups excluding carboxylic acids is 2. The first-order valence-corrected chi connectivity index (χ1v) is 10.5. The van der Waals surface area contributed by atoms with Crippen LogP contribution in [0.15, 0.2) is 66.7 Å². The normalized spacial score (nSPS) is 11.0. The van der Waals surface area contributed by atoms with Crippen LogP contribution >= 0.6 is 0 Å². The van der Waals surface area contributed by atoms with E-state index in [0.717, 1.165) is 11.3 Å². The molecule has 0 aliphatic heterocycles. The molecule has 0 radical (unpaired) electrons. The summed E-state index contributed by atoms with van der Waals surface area (Å²) in [5.41, 5.74) is 3.65. The van der Waals surface area contributed by atoms with Crippen molar-refractivity contribution in [3.05, 3.63) is 89.0 Å². The minimum absolute atomic E-state index is 0.0551. The van der Waals surface area contributed by atoms with E-state index in [1.807, 2.05) is 12.1 Å². The molecule has 0 atom stereocenters. The Balaban J connectivity index is 1.74. The van der Waals surface area contributed by atoms with Crippen LogP contribution in [0.3, 0.4) is 0 Å². The molecule has 3 rings (SSSR count). The molecule has 0 bridgehead atoms. The lowest BCUT2D eigenvalue weighted by Crippen LogP contribution is -2.13. The van der Waals surface area contributed by atoms with Crippen LogP contribution in [-0.2, 0) is 12.0 Å². The first kappa shape index (κ1) is 23.1. The van der Waals surface area contributed by atoms with Crippen molar-refractivity contribution in [2.24, 2.45) is 0 Å². The standard InChI is InChI=1S/C27H29NO4/c1-18(29)19-7-6-8-23(16-19)28-26(30)20-9-14-25(31-5)21(15-20)17-32-24-12-10-22(11-13-24)27(2,3)4/h6-16H,17H2,1-5H3,(H,28,30). The van der Waals surface area contributed by atoms with Gasteiger partial charge in [0.05, 0.1) is 7.11 Å². The van der Waals surface area contributed by atoms with Crippen molar-refractivity contribution in [3.8, 4) is 11.5 Å². The maximum Gasteiger partial charge on any atom is 0.255 e. The van der Waals surface area contributed by atoms with Crippen LogP contribution in [0, 0.1) is 0 Å². The lowest BCUT2D eigenvalue weighted by atomic mass is 9.87. The average molecular weight is 432 g/mol. The van der Waals surface area contributed by atoms with Gasteiger partial charge in [-0.3, -0.25) is 9.59 Å². The maximum atomic E-state index is 12.8. The lowest BCUT2D eigenvalue weighted by Gasteiger charge is -2.19.